The maximum atomic E-state index is 11.1. The molecule has 9 aromatic rings. The van der Waals surface area contributed by atoms with E-state index in [2.05, 4.69) is 36.4 Å². The number of hydrogen-bond donors (Lipinski definition) is 1. The Morgan fingerprint density at radius 1 is 0.727 bits per heavy atom. The summed E-state index contributed by atoms with van der Waals surface area (Å²) in [5, 5.41) is 17.0. The van der Waals surface area contributed by atoms with Gasteiger partial charge >= 0.3 is 0 Å². The van der Waals surface area contributed by atoms with Crippen molar-refractivity contribution in [3.05, 3.63) is 116 Å². The van der Waals surface area contributed by atoms with Gasteiger partial charge in [-0.25, -0.2) is 0 Å². The van der Waals surface area contributed by atoms with Gasteiger partial charge in [0.25, 0.3) is 0 Å². The molecule has 214 valence electrons. The Hall–Kier alpha value is -5.19. The predicted molar refractivity (Wildman–Crippen MR) is 170 cm³/mol. The van der Waals surface area contributed by atoms with Crippen LogP contribution >= 0.6 is 0 Å². The van der Waals surface area contributed by atoms with Crippen molar-refractivity contribution >= 4 is 54.6 Å². The summed E-state index contributed by atoms with van der Waals surface area (Å²) in [6.45, 7) is 0. The molecule has 0 atom stereocenters. The topological polar surface area (TPSA) is 77.2 Å². The van der Waals surface area contributed by atoms with E-state index in [0.29, 0.717) is 17.0 Å². The van der Waals surface area contributed by atoms with E-state index in [4.69, 9.17) is 18.8 Å². The van der Waals surface area contributed by atoms with Crippen LogP contribution in [0.3, 0.4) is 0 Å². The number of imidazole rings is 1. The number of benzene rings is 5. The van der Waals surface area contributed by atoms with Crippen LogP contribution in [0.25, 0.3) is 88.6 Å². The van der Waals surface area contributed by atoms with E-state index < -0.39 is 0 Å². The maximum absolute atomic E-state index is 11.1. The van der Waals surface area contributed by atoms with Crippen molar-refractivity contribution in [3.63, 3.8) is 0 Å². The van der Waals surface area contributed by atoms with Crippen LogP contribution in [0.1, 0.15) is 0 Å². The van der Waals surface area contributed by atoms with Crippen LogP contribution in [0.4, 0.5) is 0 Å². The molecule has 6 nitrogen and oxygen atoms in total. The summed E-state index contributed by atoms with van der Waals surface area (Å²) in [5.41, 5.74) is 6.68. The van der Waals surface area contributed by atoms with Gasteiger partial charge in [-0.1, -0.05) is 77.9 Å². The number of hydrogen-bond acceptors (Lipinski definition) is 5. The van der Waals surface area contributed by atoms with Crippen molar-refractivity contribution in [2.45, 2.75) is 0 Å². The Labute approximate surface area is 265 Å². The van der Waals surface area contributed by atoms with E-state index in [0.717, 1.165) is 71.6 Å². The second kappa shape index (κ2) is 9.93. The number of para-hydroxylation sites is 2. The number of aryl methyl sites for hydroxylation is 1. The van der Waals surface area contributed by atoms with Crippen molar-refractivity contribution in [1.29, 1.82) is 0 Å². The van der Waals surface area contributed by atoms with Crippen molar-refractivity contribution in [1.82, 2.24) is 14.5 Å². The molecular formula is C37H22N3O3Pt-. The van der Waals surface area contributed by atoms with E-state index in [9.17, 15) is 5.11 Å². The minimum Gasteiger partial charge on any atom is -0.507 e. The largest absolute Gasteiger partial charge is 0.507 e. The number of aromatic nitrogens is 3. The van der Waals surface area contributed by atoms with Gasteiger partial charge in [0.05, 0.1) is 11.1 Å². The Morgan fingerprint density at radius 3 is 2.30 bits per heavy atom. The molecule has 0 aliphatic rings. The number of furan rings is 2. The predicted octanol–water partition coefficient (Wildman–Crippen LogP) is 9.27. The molecule has 5 aromatic carbocycles. The summed E-state index contributed by atoms with van der Waals surface area (Å²) in [5.74, 6) is 0.765. The summed E-state index contributed by atoms with van der Waals surface area (Å²) in [6, 6.07) is 35.3. The SMILES string of the molecule is Cn1cc(-c2[c-]c(-c3cc4ccccc4cn3)c3oc4ccccc4c3c2)nc1-c1c(O)ccc2oc3ccccc3c12.[Pt]. The molecule has 0 unspecified atom stereocenters. The normalized spacial score (nSPS) is 11.7. The van der Waals surface area contributed by atoms with Crippen LogP contribution in [0.15, 0.2) is 118 Å². The third-order valence-electron chi connectivity index (χ3n) is 8.19. The number of aromatic hydroxyl groups is 1. The zero-order valence-corrected chi connectivity index (χ0v) is 25.6. The Morgan fingerprint density at radius 2 is 1.45 bits per heavy atom. The van der Waals surface area contributed by atoms with Crippen LogP contribution < -0.4 is 0 Å². The molecular weight excluding hydrogens is 730 g/mol. The Bertz CT molecular complexity index is 2560. The average molecular weight is 752 g/mol. The fourth-order valence-corrected chi connectivity index (χ4v) is 6.17. The van der Waals surface area contributed by atoms with Gasteiger partial charge in [-0.15, -0.1) is 12.1 Å². The van der Waals surface area contributed by atoms with E-state index in [1.807, 2.05) is 78.6 Å². The van der Waals surface area contributed by atoms with Gasteiger partial charge in [0.15, 0.2) is 0 Å². The smallest absolute Gasteiger partial charge is 0.136 e. The number of fused-ring (bicyclic) bond motifs is 7. The van der Waals surface area contributed by atoms with Gasteiger partial charge in [-0.2, -0.15) is 0 Å². The van der Waals surface area contributed by atoms with Gasteiger partial charge in [0.2, 0.25) is 0 Å². The monoisotopic (exact) mass is 751 g/mol. The van der Waals surface area contributed by atoms with Gasteiger partial charge in [0.1, 0.15) is 28.3 Å². The van der Waals surface area contributed by atoms with Crippen LogP contribution in [-0.4, -0.2) is 19.6 Å². The molecule has 0 saturated carbocycles. The van der Waals surface area contributed by atoms with Crippen LogP contribution in [0.5, 0.6) is 5.75 Å². The fraction of sp³-hybridized carbons (Fsp3) is 0.0270. The molecule has 4 aromatic heterocycles. The second-order valence-electron chi connectivity index (χ2n) is 10.8. The zero-order valence-electron chi connectivity index (χ0n) is 23.3. The molecule has 0 aliphatic heterocycles. The van der Waals surface area contributed by atoms with Crippen LogP contribution in [0, 0.1) is 6.07 Å². The quantitative estimate of drug-likeness (QED) is 0.182. The summed E-state index contributed by atoms with van der Waals surface area (Å²) in [6.07, 6.45) is 3.85. The third kappa shape index (κ3) is 3.91. The molecule has 9 rings (SSSR count). The minimum absolute atomic E-state index is 0. The summed E-state index contributed by atoms with van der Waals surface area (Å²) in [4.78, 5) is 9.89. The molecule has 4 heterocycles. The Kier molecular flexibility index (Phi) is 5.97. The minimum atomic E-state index is 0. The molecule has 7 heteroatoms. The van der Waals surface area contributed by atoms with Crippen LogP contribution in [0.2, 0.25) is 0 Å². The fourth-order valence-electron chi connectivity index (χ4n) is 6.17. The first kappa shape index (κ1) is 26.4. The van der Waals surface area contributed by atoms with Crippen molar-refractivity contribution in [3.8, 4) is 39.7 Å². The number of phenols is 1. The zero-order chi connectivity index (χ0) is 28.7. The van der Waals surface area contributed by atoms with Gasteiger partial charge in [-0.3, -0.25) is 9.97 Å². The average Bonchev–Trinajstić information content (AvgIpc) is 3.73. The first-order valence-corrected chi connectivity index (χ1v) is 14.0. The summed E-state index contributed by atoms with van der Waals surface area (Å²) >= 11 is 0. The first-order chi connectivity index (χ1) is 21.1. The van der Waals surface area contributed by atoms with Crippen molar-refractivity contribution in [2.24, 2.45) is 7.05 Å². The molecule has 0 aliphatic carbocycles. The maximum Gasteiger partial charge on any atom is 0.136 e. The molecule has 44 heavy (non-hydrogen) atoms. The third-order valence-corrected chi connectivity index (χ3v) is 8.19. The summed E-state index contributed by atoms with van der Waals surface area (Å²) < 4.78 is 14.4. The molecule has 0 bridgehead atoms. The molecule has 0 fully saturated rings. The van der Waals surface area contributed by atoms with Crippen LogP contribution in [-0.2, 0) is 28.1 Å². The molecule has 0 spiro atoms. The number of phenolic OH excluding ortho intramolecular Hbond substituents is 1. The molecule has 1 N–H and O–H groups in total. The number of rotatable bonds is 3. The van der Waals surface area contributed by atoms with Crippen molar-refractivity contribution in [2.75, 3.05) is 0 Å². The summed E-state index contributed by atoms with van der Waals surface area (Å²) in [7, 11) is 1.93. The van der Waals surface area contributed by atoms with Gasteiger partial charge < -0.3 is 18.5 Å². The number of nitrogens with zero attached hydrogens (tertiary/aromatic N) is 3. The molecule has 0 radical (unpaired) electrons. The standard InChI is InChI=1S/C37H22N3O3.Pt/c1-40-20-29(39-37(40)35-30(41)14-15-33-34(35)25-11-5-7-13-32(25)42-33)23-16-26-24-10-4-6-12-31(24)43-36(26)27(17-23)28-18-21-8-2-3-9-22(21)19-38-28;/h2-16,18-20,41H,1H3;/q-1;. The van der Waals surface area contributed by atoms with Gasteiger partial charge in [-0.05, 0) is 46.6 Å². The molecule has 0 saturated heterocycles. The Balaban J connectivity index is 0.00000289. The van der Waals surface area contributed by atoms with Crippen molar-refractivity contribution < 1.29 is 35.0 Å². The molecule has 0 amide bonds. The van der Waals surface area contributed by atoms with E-state index in [1.54, 1.807) is 12.1 Å². The van der Waals surface area contributed by atoms with E-state index in [-0.39, 0.29) is 26.8 Å². The van der Waals surface area contributed by atoms with Gasteiger partial charge in [0, 0.05) is 61.9 Å². The number of pyridine rings is 1. The van der Waals surface area contributed by atoms with E-state index in [1.165, 1.54) is 0 Å². The van der Waals surface area contributed by atoms with E-state index >= 15 is 0 Å². The first-order valence-electron chi connectivity index (χ1n) is 14.0. The second-order valence-corrected chi connectivity index (χ2v) is 10.8.